The molecule has 0 bridgehead atoms. The highest BCUT2D eigenvalue weighted by Crippen LogP contribution is 2.18. The van der Waals surface area contributed by atoms with Crippen LogP contribution < -0.4 is 5.73 Å². The molecule has 8 heteroatoms. The molecule has 0 spiro atoms. The predicted molar refractivity (Wildman–Crippen MR) is 76.0 cm³/mol. The van der Waals surface area contributed by atoms with Gasteiger partial charge in [0.1, 0.15) is 0 Å². The van der Waals surface area contributed by atoms with Crippen LogP contribution in [0.1, 0.15) is 19.4 Å². The molecule has 0 aliphatic rings. The van der Waals surface area contributed by atoms with Gasteiger partial charge in [-0.2, -0.15) is 4.31 Å². The van der Waals surface area contributed by atoms with E-state index < -0.39 is 34.5 Å². The quantitative estimate of drug-likeness (QED) is 0.745. The van der Waals surface area contributed by atoms with Gasteiger partial charge in [-0.25, -0.2) is 8.42 Å². The Morgan fingerprint density at radius 3 is 2.14 bits per heavy atom. The second-order valence-electron chi connectivity index (χ2n) is 4.82. The fourth-order valence-electron chi connectivity index (χ4n) is 1.79. The Hall–Kier alpha value is -1.93. The summed E-state index contributed by atoms with van der Waals surface area (Å²) in [5.74, 6) is -1.74. The predicted octanol–water partition coefficient (Wildman–Crippen LogP) is 0.198. The Morgan fingerprint density at radius 1 is 1.24 bits per heavy atom. The second-order valence-corrected chi connectivity index (χ2v) is 6.72. The van der Waals surface area contributed by atoms with Gasteiger partial charge in [-0.15, -0.1) is 0 Å². The highest BCUT2D eigenvalue weighted by Gasteiger charge is 2.28. The van der Waals surface area contributed by atoms with Gasteiger partial charge < -0.3 is 10.8 Å². The topological polar surface area (TPSA) is 118 Å². The van der Waals surface area contributed by atoms with Crippen molar-refractivity contribution in [2.45, 2.75) is 31.2 Å². The van der Waals surface area contributed by atoms with Crippen molar-refractivity contribution >= 4 is 21.9 Å². The van der Waals surface area contributed by atoms with Crippen molar-refractivity contribution in [2.24, 2.45) is 5.73 Å². The molecule has 116 valence electrons. The molecule has 1 rings (SSSR count). The SMILES string of the molecule is CC(C)N(CC(N)=O)S(=O)(=O)c1ccc(CC(=O)O)cc1. The van der Waals surface area contributed by atoms with Crippen LogP contribution in [0.25, 0.3) is 0 Å². The van der Waals surface area contributed by atoms with Crippen molar-refractivity contribution in [1.29, 1.82) is 0 Å². The van der Waals surface area contributed by atoms with Crippen LogP contribution in [0, 0.1) is 0 Å². The molecule has 0 aromatic heterocycles. The van der Waals surface area contributed by atoms with Gasteiger partial charge in [0, 0.05) is 6.04 Å². The summed E-state index contributed by atoms with van der Waals surface area (Å²) in [6, 6.07) is 5.09. The van der Waals surface area contributed by atoms with Crippen molar-refractivity contribution in [3.8, 4) is 0 Å². The summed E-state index contributed by atoms with van der Waals surface area (Å²) in [5, 5.41) is 8.68. The molecule has 0 saturated heterocycles. The summed E-state index contributed by atoms with van der Waals surface area (Å²) in [6.45, 7) is 2.87. The van der Waals surface area contributed by atoms with Gasteiger partial charge in [-0.3, -0.25) is 9.59 Å². The number of carboxylic acid groups (broad SMARTS) is 1. The fourth-order valence-corrected chi connectivity index (χ4v) is 3.39. The largest absolute Gasteiger partial charge is 0.481 e. The molecule has 0 aliphatic heterocycles. The van der Waals surface area contributed by atoms with Crippen molar-refractivity contribution in [3.63, 3.8) is 0 Å². The minimum absolute atomic E-state index is 0.00779. The molecular formula is C13H18N2O5S. The Morgan fingerprint density at radius 2 is 1.76 bits per heavy atom. The molecule has 0 radical (unpaired) electrons. The highest BCUT2D eigenvalue weighted by molar-refractivity contribution is 7.89. The maximum absolute atomic E-state index is 12.4. The molecule has 0 heterocycles. The lowest BCUT2D eigenvalue weighted by molar-refractivity contribution is -0.136. The Bertz CT molecular complexity index is 622. The monoisotopic (exact) mass is 314 g/mol. The van der Waals surface area contributed by atoms with E-state index in [0.29, 0.717) is 5.56 Å². The van der Waals surface area contributed by atoms with Crippen molar-refractivity contribution in [3.05, 3.63) is 29.8 Å². The van der Waals surface area contributed by atoms with E-state index in [9.17, 15) is 18.0 Å². The Balaban J connectivity index is 3.10. The first kappa shape index (κ1) is 17.1. The van der Waals surface area contributed by atoms with E-state index in [0.717, 1.165) is 4.31 Å². The smallest absolute Gasteiger partial charge is 0.307 e. The fraction of sp³-hybridized carbons (Fsp3) is 0.385. The first-order chi connectivity index (χ1) is 9.64. The molecule has 0 unspecified atom stereocenters. The van der Waals surface area contributed by atoms with E-state index in [2.05, 4.69) is 0 Å². The number of hydrogen-bond donors (Lipinski definition) is 2. The zero-order valence-corrected chi connectivity index (χ0v) is 12.6. The summed E-state index contributed by atoms with van der Waals surface area (Å²) in [4.78, 5) is 21.6. The molecule has 7 nitrogen and oxygen atoms in total. The zero-order valence-electron chi connectivity index (χ0n) is 11.8. The summed E-state index contributed by atoms with van der Waals surface area (Å²) in [5.41, 5.74) is 5.57. The summed E-state index contributed by atoms with van der Waals surface area (Å²) in [6.07, 6.45) is -0.185. The molecule has 1 aromatic rings. The van der Waals surface area contributed by atoms with Crippen LogP contribution in [0.3, 0.4) is 0 Å². The standard InChI is InChI=1S/C13H18N2O5S/c1-9(2)15(8-12(14)16)21(19,20)11-5-3-10(4-6-11)7-13(17)18/h3-6,9H,7-8H2,1-2H3,(H2,14,16)(H,17,18). The molecule has 0 atom stereocenters. The Labute approximate surface area is 123 Å². The number of hydrogen-bond acceptors (Lipinski definition) is 4. The number of benzene rings is 1. The molecule has 0 saturated carbocycles. The van der Waals surface area contributed by atoms with Crippen LogP contribution in [0.2, 0.25) is 0 Å². The van der Waals surface area contributed by atoms with Crippen LogP contribution in [0.4, 0.5) is 0 Å². The number of carbonyl (C=O) groups is 2. The van der Waals surface area contributed by atoms with E-state index >= 15 is 0 Å². The molecule has 0 fully saturated rings. The van der Waals surface area contributed by atoms with Gasteiger partial charge in [0.15, 0.2) is 0 Å². The van der Waals surface area contributed by atoms with Crippen molar-refractivity contribution < 1.29 is 23.1 Å². The number of nitrogens with zero attached hydrogens (tertiary/aromatic N) is 1. The van der Waals surface area contributed by atoms with Gasteiger partial charge >= 0.3 is 5.97 Å². The molecule has 0 aliphatic carbocycles. The first-order valence-corrected chi connectivity index (χ1v) is 7.69. The lowest BCUT2D eigenvalue weighted by atomic mass is 10.2. The average Bonchev–Trinajstić information content (AvgIpc) is 2.35. The number of rotatable bonds is 7. The minimum Gasteiger partial charge on any atom is -0.481 e. The van der Waals surface area contributed by atoms with E-state index in [1.165, 1.54) is 24.3 Å². The zero-order chi connectivity index (χ0) is 16.2. The average molecular weight is 314 g/mol. The van der Waals surface area contributed by atoms with E-state index in [1.54, 1.807) is 13.8 Å². The van der Waals surface area contributed by atoms with E-state index in [-0.39, 0.29) is 11.3 Å². The molecule has 1 amide bonds. The third-order valence-electron chi connectivity index (χ3n) is 2.77. The van der Waals surface area contributed by atoms with Gasteiger partial charge in [-0.1, -0.05) is 12.1 Å². The van der Waals surface area contributed by atoms with Crippen LogP contribution in [0.15, 0.2) is 29.2 Å². The van der Waals surface area contributed by atoms with E-state index in [1.807, 2.05) is 0 Å². The van der Waals surface area contributed by atoms with Crippen LogP contribution in [-0.4, -0.2) is 42.3 Å². The molecule has 21 heavy (non-hydrogen) atoms. The second kappa shape index (κ2) is 6.68. The number of aliphatic carboxylic acids is 1. The number of primary amides is 1. The lowest BCUT2D eigenvalue weighted by Crippen LogP contribution is -2.42. The number of carbonyl (C=O) groups excluding carboxylic acids is 1. The number of amides is 1. The third kappa shape index (κ3) is 4.54. The summed E-state index contributed by atoms with van der Waals surface area (Å²) >= 11 is 0. The molecular weight excluding hydrogens is 296 g/mol. The summed E-state index contributed by atoms with van der Waals surface area (Å²) < 4.78 is 25.9. The summed E-state index contributed by atoms with van der Waals surface area (Å²) in [7, 11) is -3.86. The Kier molecular flexibility index (Phi) is 5.45. The van der Waals surface area contributed by atoms with Crippen molar-refractivity contribution in [2.75, 3.05) is 6.54 Å². The maximum Gasteiger partial charge on any atom is 0.307 e. The van der Waals surface area contributed by atoms with Crippen LogP contribution >= 0.6 is 0 Å². The lowest BCUT2D eigenvalue weighted by Gasteiger charge is -2.24. The number of sulfonamides is 1. The van der Waals surface area contributed by atoms with Crippen molar-refractivity contribution in [1.82, 2.24) is 4.31 Å². The number of carboxylic acids is 1. The third-order valence-corrected chi connectivity index (χ3v) is 4.81. The van der Waals surface area contributed by atoms with Crippen LogP contribution in [-0.2, 0) is 26.0 Å². The van der Waals surface area contributed by atoms with Gasteiger partial charge in [0.05, 0.1) is 17.9 Å². The van der Waals surface area contributed by atoms with E-state index in [4.69, 9.17) is 10.8 Å². The van der Waals surface area contributed by atoms with Gasteiger partial charge in [0.25, 0.3) is 0 Å². The molecule has 1 aromatic carbocycles. The highest BCUT2D eigenvalue weighted by atomic mass is 32.2. The normalized spacial score (nSPS) is 11.8. The van der Waals surface area contributed by atoms with Crippen LogP contribution in [0.5, 0.6) is 0 Å². The van der Waals surface area contributed by atoms with Gasteiger partial charge in [0.2, 0.25) is 15.9 Å². The maximum atomic E-state index is 12.4. The van der Waals surface area contributed by atoms with Gasteiger partial charge in [-0.05, 0) is 31.5 Å². The first-order valence-electron chi connectivity index (χ1n) is 6.25. The molecule has 3 N–H and O–H groups in total. The number of nitrogens with two attached hydrogens (primary N) is 1. The minimum atomic E-state index is -3.86.